The zero-order valence-electron chi connectivity index (χ0n) is 11.3. The van der Waals surface area contributed by atoms with E-state index in [1.807, 2.05) is 30.3 Å². The summed E-state index contributed by atoms with van der Waals surface area (Å²) in [6, 6.07) is 12.6. The lowest BCUT2D eigenvalue weighted by Crippen LogP contribution is -2.25. The molecule has 0 radical (unpaired) electrons. The Morgan fingerprint density at radius 1 is 1.05 bits per heavy atom. The van der Waals surface area contributed by atoms with Crippen molar-refractivity contribution < 1.29 is 0 Å². The van der Waals surface area contributed by atoms with Crippen molar-refractivity contribution >= 4 is 23.2 Å². The lowest BCUT2D eigenvalue weighted by molar-refractivity contribution is 0.838. The summed E-state index contributed by atoms with van der Waals surface area (Å²) in [7, 11) is 0. The number of nitrogens with zero attached hydrogens (tertiary/aromatic N) is 4. The number of nitrogens with one attached hydrogen (secondary N) is 2. The Labute approximate surface area is 130 Å². The SMILES string of the molecule is O=c1nc(NNc2ccccc2)ncn1-c1cc(Cl)ccn1. The highest BCUT2D eigenvalue weighted by Crippen LogP contribution is 2.10. The highest BCUT2D eigenvalue weighted by Gasteiger charge is 2.05. The van der Waals surface area contributed by atoms with Gasteiger partial charge in [0.2, 0.25) is 5.95 Å². The summed E-state index contributed by atoms with van der Waals surface area (Å²) in [6.45, 7) is 0. The molecule has 0 aliphatic heterocycles. The predicted octanol–water partition coefficient (Wildman–Crippen LogP) is 2.11. The number of halogens is 1. The van der Waals surface area contributed by atoms with Crippen LogP contribution in [0.25, 0.3) is 5.82 Å². The number of hydrogen-bond acceptors (Lipinski definition) is 6. The smallest absolute Gasteiger partial charge is 0.298 e. The van der Waals surface area contributed by atoms with Gasteiger partial charge in [0.1, 0.15) is 12.1 Å². The minimum Gasteiger partial charge on any atom is -0.298 e. The van der Waals surface area contributed by atoms with Crippen LogP contribution in [0.15, 0.2) is 59.8 Å². The molecule has 8 heteroatoms. The minimum atomic E-state index is -0.512. The quantitative estimate of drug-likeness (QED) is 0.718. The maximum absolute atomic E-state index is 12.0. The van der Waals surface area contributed by atoms with E-state index < -0.39 is 5.69 Å². The van der Waals surface area contributed by atoms with Crippen LogP contribution in [0.5, 0.6) is 0 Å². The van der Waals surface area contributed by atoms with Crippen molar-refractivity contribution in [3.05, 3.63) is 70.5 Å². The maximum atomic E-state index is 12.0. The summed E-state index contributed by atoms with van der Waals surface area (Å²) in [4.78, 5) is 24.0. The molecule has 2 aromatic heterocycles. The first-order valence-electron chi connectivity index (χ1n) is 6.37. The molecule has 0 amide bonds. The standard InChI is InChI=1S/C14H11ClN6O/c15-10-6-7-16-12(8-10)21-9-17-13(18-14(21)22)20-19-11-4-2-1-3-5-11/h1-9,19H,(H,18,20,22). The van der Waals surface area contributed by atoms with Gasteiger partial charge in [0.05, 0.1) is 5.69 Å². The molecule has 0 saturated carbocycles. The van der Waals surface area contributed by atoms with Gasteiger partial charge in [0, 0.05) is 17.3 Å². The second kappa shape index (κ2) is 6.23. The zero-order valence-corrected chi connectivity index (χ0v) is 12.0. The summed E-state index contributed by atoms with van der Waals surface area (Å²) in [5.41, 5.74) is 5.97. The van der Waals surface area contributed by atoms with Crippen molar-refractivity contribution in [3.8, 4) is 5.82 Å². The number of hydrogen-bond donors (Lipinski definition) is 2. The maximum Gasteiger partial charge on any atom is 0.357 e. The Hall–Kier alpha value is -2.93. The Bertz CT molecular complexity index is 836. The zero-order chi connectivity index (χ0) is 15.4. The molecule has 0 atom stereocenters. The van der Waals surface area contributed by atoms with E-state index in [-0.39, 0.29) is 5.95 Å². The first-order valence-corrected chi connectivity index (χ1v) is 6.75. The normalized spacial score (nSPS) is 10.2. The summed E-state index contributed by atoms with van der Waals surface area (Å²) < 4.78 is 1.21. The number of benzene rings is 1. The molecule has 3 aromatic rings. The van der Waals surface area contributed by atoms with Gasteiger partial charge in [-0.25, -0.2) is 19.3 Å². The summed E-state index contributed by atoms with van der Waals surface area (Å²) in [5.74, 6) is 0.521. The number of rotatable bonds is 4. The lowest BCUT2D eigenvalue weighted by atomic mass is 10.3. The molecule has 0 aliphatic carbocycles. The van der Waals surface area contributed by atoms with E-state index >= 15 is 0 Å². The van der Waals surface area contributed by atoms with Crippen molar-refractivity contribution in [2.24, 2.45) is 0 Å². The van der Waals surface area contributed by atoms with Crippen LogP contribution in [0.2, 0.25) is 5.02 Å². The molecule has 22 heavy (non-hydrogen) atoms. The average Bonchev–Trinajstić information content (AvgIpc) is 2.54. The molecule has 1 aromatic carbocycles. The number of aromatic nitrogens is 4. The minimum absolute atomic E-state index is 0.159. The second-order valence-corrected chi connectivity index (χ2v) is 4.72. The van der Waals surface area contributed by atoms with E-state index in [0.717, 1.165) is 5.69 Å². The van der Waals surface area contributed by atoms with E-state index in [4.69, 9.17) is 11.6 Å². The molecule has 0 fully saturated rings. The molecule has 2 heterocycles. The highest BCUT2D eigenvalue weighted by atomic mass is 35.5. The van der Waals surface area contributed by atoms with E-state index in [1.54, 1.807) is 12.1 Å². The topological polar surface area (TPSA) is 84.7 Å². The third kappa shape index (κ3) is 3.21. The van der Waals surface area contributed by atoms with Crippen molar-refractivity contribution in [2.45, 2.75) is 0 Å². The molecule has 7 nitrogen and oxygen atoms in total. The van der Waals surface area contributed by atoms with Crippen LogP contribution < -0.4 is 16.5 Å². The van der Waals surface area contributed by atoms with Crippen molar-refractivity contribution in [2.75, 3.05) is 10.9 Å². The number of anilines is 2. The summed E-state index contributed by atoms with van der Waals surface area (Å²) in [5, 5.41) is 0.477. The first-order chi connectivity index (χ1) is 10.7. The lowest BCUT2D eigenvalue weighted by Gasteiger charge is -2.08. The first kappa shape index (κ1) is 14.0. The Morgan fingerprint density at radius 3 is 2.59 bits per heavy atom. The summed E-state index contributed by atoms with van der Waals surface area (Å²) in [6.07, 6.45) is 2.84. The molecule has 0 bridgehead atoms. The van der Waals surface area contributed by atoms with Crippen LogP contribution in [0, 0.1) is 0 Å². The van der Waals surface area contributed by atoms with Gasteiger partial charge >= 0.3 is 5.69 Å². The molecule has 0 saturated heterocycles. The van der Waals surface area contributed by atoms with Gasteiger partial charge in [-0.05, 0) is 18.2 Å². The van der Waals surface area contributed by atoms with Crippen LogP contribution in [0.4, 0.5) is 11.6 Å². The fraction of sp³-hybridized carbons (Fsp3) is 0. The van der Waals surface area contributed by atoms with Crippen molar-refractivity contribution in [3.63, 3.8) is 0 Å². The second-order valence-electron chi connectivity index (χ2n) is 4.28. The molecule has 0 spiro atoms. The van der Waals surface area contributed by atoms with Gasteiger partial charge < -0.3 is 0 Å². The van der Waals surface area contributed by atoms with Gasteiger partial charge in [0.15, 0.2) is 0 Å². The Morgan fingerprint density at radius 2 is 1.86 bits per heavy atom. The van der Waals surface area contributed by atoms with Crippen LogP contribution in [0.3, 0.4) is 0 Å². The van der Waals surface area contributed by atoms with Gasteiger partial charge in [0.25, 0.3) is 0 Å². The molecular weight excluding hydrogens is 304 g/mol. The molecule has 3 rings (SSSR count). The molecule has 0 unspecified atom stereocenters. The van der Waals surface area contributed by atoms with Crippen LogP contribution in [0.1, 0.15) is 0 Å². The van der Waals surface area contributed by atoms with Crippen molar-refractivity contribution in [1.82, 2.24) is 19.5 Å². The molecule has 0 aliphatic rings. The number of pyridine rings is 1. The van der Waals surface area contributed by atoms with Crippen molar-refractivity contribution in [1.29, 1.82) is 0 Å². The monoisotopic (exact) mass is 314 g/mol. The van der Waals surface area contributed by atoms with E-state index in [1.165, 1.54) is 17.1 Å². The average molecular weight is 315 g/mol. The third-order valence-corrected chi connectivity index (χ3v) is 2.99. The van der Waals surface area contributed by atoms with E-state index in [0.29, 0.717) is 10.8 Å². The Kier molecular flexibility index (Phi) is 3.97. The van der Waals surface area contributed by atoms with Crippen LogP contribution in [-0.4, -0.2) is 19.5 Å². The molecule has 110 valence electrons. The van der Waals surface area contributed by atoms with Gasteiger partial charge in [-0.1, -0.05) is 29.8 Å². The fourth-order valence-electron chi connectivity index (χ4n) is 1.73. The largest absolute Gasteiger partial charge is 0.357 e. The number of hydrazine groups is 1. The van der Waals surface area contributed by atoms with Gasteiger partial charge in [-0.3, -0.25) is 10.9 Å². The van der Waals surface area contributed by atoms with Gasteiger partial charge in [-0.2, -0.15) is 4.98 Å². The van der Waals surface area contributed by atoms with Gasteiger partial charge in [-0.15, -0.1) is 0 Å². The van der Waals surface area contributed by atoms with E-state index in [2.05, 4.69) is 25.8 Å². The molecular formula is C14H11ClN6O. The van der Waals surface area contributed by atoms with Crippen LogP contribution in [-0.2, 0) is 0 Å². The Balaban J connectivity index is 1.79. The highest BCUT2D eigenvalue weighted by molar-refractivity contribution is 6.30. The van der Waals surface area contributed by atoms with Crippen LogP contribution >= 0.6 is 11.6 Å². The third-order valence-electron chi connectivity index (χ3n) is 2.75. The summed E-state index contributed by atoms with van der Waals surface area (Å²) >= 11 is 5.88. The van der Waals surface area contributed by atoms with E-state index in [9.17, 15) is 4.79 Å². The fourth-order valence-corrected chi connectivity index (χ4v) is 1.88. The predicted molar refractivity (Wildman–Crippen MR) is 84.1 cm³/mol. The molecule has 2 N–H and O–H groups in total. The number of para-hydroxylation sites is 1.